The quantitative estimate of drug-likeness (QED) is 0.232. The molecule has 1 aliphatic heterocycles. The van der Waals surface area contributed by atoms with Crippen molar-refractivity contribution in [2.75, 3.05) is 46.9 Å². The van der Waals surface area contributed by atoms with Crippen LogP contribution in [0.4, 0.5) is 0 Å². The van der Waals surface area contributed by atoms with Gasteiger partial charge in [0.15, 0.2) is 5.96 Å². The minimum absolute atomic E-state index is 0. The number of nitrogens with zero attached hydrogens (tertiary/aromatic N) is 2. The summed E-state index contributed by atoms with van der Waals surface area (Å²) in [7, 11) is 3.43. The number of hydrogen-bond donors (Lipinski definition) is 2. The van der Waals surface area contributed by atoms with Crippen LogP contribution < -0.4 is 20.1 Å². The molecule has 0 amide bonds. The third-order valence-corrected chi connectivity index (χ3v) is 4.86. The van der Waals surface area contributed by atoms with Crippen LogP contribution in [-0.4, -0.2) is 57.8 Å². The van der Waals surface area contributed by atoms with E-state index in [0.717, 1.165) is 42.9 Å². The molecule has 160 valence electrons. The zero-order valence-electron chi connectivity index (χ0n) is 17.1. The number of nitrogens with one attached hydrogen (secondary N) is 2. The molecule has 0 radical (unpaired) electrons. The molecule has 0 aliphatic carbocycles. The average molecular weight is 514 g/mol. The molecule has 1 saturated heterocycles. The van der Waals surface area contributed by atoms with Crippen LogP contribution in [0.2, 0.25) is 0 Å². The monoisotopic (exact) mass is 514 g/mol. The smallest absolute Gasteiger partial charge is 0.191 e. The molecule has 29 heavy (non-hydrogen) atoms. The molecule has 1 aromatic carbocycles. The molecule has 0 saturated carbocycles. The second kappa shape index (κ2) is 12.6. The maximum Gasteiger partial charge on any atom is 0.191 e. The summed E-state index contributed by atoms with van der Waals surface area (Å²) in [6.45, 7) is 4.15. The summed E-state index contributed by atoms with van der Waals surface area (Å²) in [5.74, 6) is 3.39. The topological polar surface area (TPSA) is 71.3 Å². The Kier molecular flexibility index (Phi) is 10.1. The van der Waals surface area contributed by atoms with Crippen molar-refractivity contribution in [2.24, 2.45) is 4.99 Å². The number of benzene rings is 1. The molecule has 8 heteroatoms. The first kappa shape index (κ1) is 23.3. The number of halogens is 1. The molecular weight excluding hydrogens is 483 g/mol. The van der Waals surface area contributed by atoms with E-state index < -0.39 is 0 Å². The van der Waals surface area contributed by atoms with Gasteiger partial charge in [0.25, 0.3) is 0 Å². The van der Waals surface area contributed by atoms with Gasteiger partial charge >= 0.3 is 0 Å². The van der Waals surface area contributed by atoms with E-state index >= 15 is 0 Å². The van der Waals surface area contributed by atoms with Crippen LogP contribution in [-0.2, 0) is 0 Å². The largest absolute Gasteiger partial charge is 0.497 e. The lowest BCUT2D eigenvalue weighted by molar-refractivity contribution is 0.215. The Bertz CT molecular complexity index is 716. The number of likely N-dealkylation sites (tertiary alicyclic amines) is 1. The molecule has 0 spiro atoms. The normalized spacial score (nSPS) is 15.4. The molecule has 1 aromatic heterocycles. The van der Waals surface area contributed by atoms with E-state index in [1.165, 1.54) is 12.8 Å². The summed E-state index contributed by atoms with van der Waals surface area (Å²) in [5.41, 5.74) is 0. The van der Waals surface area contributed by atoms with Gasteiger partial charge in [0.2, 0.25) is 0 Å². The first-order chi connectivity index (χ1) is 13.8. The lowest BCUT2D eigenvalue weighted by Gasteiger charge is -2.26. The Morgan fingerprint density at radius 3 is 2.48 bits per heavy atom. The molecule has 1 aliphatic rings. The van der Waals surface area contributed by atoms with Crippen molar-refractivity contribution >= 4 is 29.9 Å². The molecule has 3 rings (SSSR count). The van der Waals surface area contributed by atoms with Gasteiger partial charge < -0.3 is 24.5 Å². The lowest BCUT2D eigenvalue weighted by Crippen LogP contribution is -2.43. The number of aliphatic imine (C=N–C) groups is 1. The summed E-state index contributed by atoms with van der Waals surface area (Å²) in [4.78, 5) is 6.77. The number of rotatable bonds is 9. The second-order valence-corrected chi connectivity index (χ2v) is 6.68. The maximum absolute atomic E-state index is 5.74. The molecule has 2 heterocycles. The summed E-state index contributed by atoms with van der Waals surface area (Å²) in [6, 6.07) is 11.8. The summed E-state index contributed by atoms with van der Waals surface area (Å²) in [5, 5.41) is 6.71. The van der Waals surface area contributed by atoms with Crippen LogP contribution in [0.3, 0.4) is 0 Å². The zero-order valence-corrected chi connectivity index (χ0v) is 19.4. The third-order valence-electron chi connectivity index (χ3n) is 4.86. The Labute approximate surface area is 189 Å². The molecular formula is C21H31IN4O3. The van der Waals surface area contributed by atoms with Crippen LogP contribution in [0.1, 0.15) is 24.6 Å². The fourth-order valence-electron chi connectivity index (χ4n) is 3.37. The molecule has 0 bridgehead atoms. The highest BCUT2D eigenvalue weighted by Gasteiger charge is 2.25. The van der Waals surface area contributed by atoms with E-state index in [2.05, 4.69) is 20.5 Å². The summed E-state index contributed by atoms with van der Waals surface area (Å²) >= 11 is 0. The number of ether oxygens (including phenoxy) is 2. The number of hydrogen-bond acceptors (Lipinski definition) is 5. The zero-order chi connectivity index (χ0) is 19.6. The Morgan fingerprint density at radius 1 is 1.14 bits per heavy atom. The van der Waals surface area contributed by atoms with Gasteiger partial charge in [-0.25, -0.2) is 0 Å². The van der Waals surface area contributed by atoms with Crippen molar-refractivity contribution in [2.45, 2.75) is 18.9 Å². The first-order valence-electron chi connectivity index (χ1n) is 9.79. The fourth-order valence-corrected chi connectivity index (χ4v) is 3.37. The molecule has 2 aromatic rings. The molecule has 7 nitrogen and oxygen atoms in total. The van der Waals surface area contributed by atoms with E-state index in [-0.39, 0.29) is 30.0 Å². The fraction of sp³-hybridized carbons (Fsp3) is 0.476. The summed E-state index contributed by atoms with van der Waals surface area (Å²) < 4.78 is 16.6. The number of methoxy groups -OCH3 is 1. The van der Waals surface area contributed by atoms with Gasteiger partial charge in [-0.2, -0.15) is 0 Å². The van der Waals surface area contributed by atoms with Crippen molar-refractivity contribution < 1.29 is 13.9 Å². The van der Waals surface area contributed by atoms with Crippen LogP contribution in [0.5, 0.6) is 11.5 Å². The van der Waals surface area contributed by atoms with Gasteiger partial charge in [0.05, 0.1) is 26.0 Å². The summed E-state index contributed by atoms with van der Waals surface area (Å²) in [6.07, 6.45) is 4.22. The van der Waals surface area contributed by atoms with Crippen LogP contribution in [0.25, 0.3) is 0 Å². The van der Waals surface area contributed by atoms with Gasteiger partial charge in [-0.05, 0) is 62.3 Å². The molecule has 1 atom stereocenters. The second-order valence-electron chi connectivity index (χ2n) is 6.68. The lowest BCUT2D eigenvalue weighted by atomic mass is 10.2. The van der Waals surface area contributed by atoms with Gasteiger partial charge in [-0.1, -0.05) is 0 Å². The van der Waals surface area contributed by atoms with E-state index in [1.807, 2.05) is 36.4 Å². The van der Waals surface area contributed by atoms with Crippen molar-refractivity contribution in [3.05, 3.63) is 48.4 Å². The standard InChI is InChI=1S/C21H30N4O3.HI/c1-22-21(23-11-15-27-18-9-7-17(26-2)8-10-18)24-16-19(20-6-5-14-28-20)25-12-3-4-13-25;/h5-10,14,19H,3-4,11-13,15-16H2,1-2H3,(H2,22,23,24);1H. The Balaban J connectivity index is 0.00000300. The SMILES string of the molecule is CN=C(NCCOc1ccc(OC)cc1)NCC(c1ccco1)N1CCCC1.I. The minimum atomic E-state index is 0. The maximum atomic E-state index is 5.74. The average Bonchev–Trinajstić information content (AvgIpc) is 3.45. The van der Waals surface area contributed by atoms with Gasteiger partial charge in [0, 0.05) is 13.6 Å². The van der Waals surface area contributed by atoms with Crippen molar-refractivity contribution in [3.8, 4) is 11.5 Å². The molecule has 1 fully saturated rings. The number of guanidine groups is 1. The Hall–Kier alpha value is -1.94. The van der Waals surface area contributed by atoms with Crippen LogP contribution >= 0.6 is 24.0 Å². The van der Waals surface area contributed by atoms with Gasteiger partial charge in [0.1, 0.15) is 23.9 Å². The van der Waals surface area contributed by atoms with Crippen molar-refractivity contribution in [1.29, 1.82) is 0 Å². The van der Waals surface area contributed by atoms with Crippen molar-refractivity contribution in [1.82, 2.24) is 15.5 Å². The first-order valence-corrected chi connectivity index (χ1v) is 9.79. The minimum Gasteiger partial charge on any atom is -0.497 e. The highest BCUT2D eigenvalue weighted by atomic mass is 127. The van der Waals surface area contributed by atoms with E-state index in [1.54, 1.807) is 20.4 Å². The van der Waals surface area contributed by atoms with Crippen LogP contribution in [0, 0.1) is 0 Å². The van der Waals surface area contributed by atoms with E-state index in [0.29, 0.717) is 13.2 Å². The van der Waals surface area contributed by atoms with Gasteiger partial charge in [-0.3, -0.25) is 9.89 Å². The highest BCUT2D eigenvalue weighted by molar-refractivity contribution is 14.0. The van der Waals surface area contributed by atoms with Crippen molar-refractivity contribution in [3.63, 3.8) is 0 Å². The molecule has 1 unspecified atom stereocenters. The number of furan rings is 1. The predicted octanol–water partition coefficient (Wildman–Crippen LogP) is 3.29. The Morgan fingerprint density at radius 2 is 1.86 bits per heavy atom. The third kappa shape index (κ3) is 7.11. The predicted molar refractivity (Wildman–Crippen MR) is 126 cm³/mol. The highest BCUT2D eigenvalue weighted by Crippen LogP contribution is 2.24. The van der Waals surface area contributed by atoms with Gasteiger partial charge in [-0.15, -0.1) is 24.0 Å². The van der Waals surface area contributed by atoms with Crippen LogP contribution in [0.15, 0.2) is 52.1 Å². The van der Waals surface area contributed by atoms with E-state index in [4.69, 9.17) is 13.9 Å². The van der Waals surface area contributed by atoms with E-state index in [9.17, 15) is 0 Å². The molecule has 2 N–H and O–H groups in total.